The SMILES string of the molecule is CCOC(=O)C1CCCN(c2nc3c(c(=O)[nH]2)C(C(=O)Nc2cccc(Cl)c2)CC(=O)N3)C1. The summed E-state index contributed by atoms with van der Waals surface area (Å²) >= 11 is 5.97. The third kappa shape index (κ3) is 5.00. The number of hydrogen-bond acceptors (Lipinski definition) is 7. The minimum atomic E-state index is -1.01. The van der Waals surface area contributed by atoms with Gasteiger partial charge in [-0.1, -0.05) is 17.7 Å². The first-order valence-corrected chi connectivity index (χ1v) is 11.2. The Morgan fingerprint density at radius 3 is 2.91 bits per heavy atom. The maximum Gasteiger partial charge on any atom is 0.310 e. The molecular formula is C22H24ClN5O5. The van der Waals surface area contributed by atoms with Gasteiger partial charge in [0.25, 0.3) is 5.56 Å². The Morgan fingerprint density at radius 2 is 2.15 bits per heavy atom. The van der Waals surface area contributed by atoms with Gasteiger partial charge in [0.2, 0.25) is 17.8 Å². The molecule has 1 aromatic carbocycles. The number of piperidine rings is 1. The van der Waals surface area contributed by atoms with Crippen LogP contribution in [0.2, 0.25) is 5.02 Å². The number of fused-ring (bicyclic) bond motifs is 1. The number of carbonyl (C=O) groups is 3. The molecule has 1 fully saturated rings. The Labute approximate surface area is 194 Å². The Kier molecular flexibility index (Phi) is 6.64. The van der Waals surface area contributed by atoms with Crippen LogP contribution in [0.5, 0.6) is 0 Å². The van der Waals surface area contributed by atoms with Gasteiger partial charge < -0.3 is 20.3 Å². The summed E-state index contributed by atoms with van der Waals surface area (Å²) < 4.78 is 5.12. The molecule has 0 bridgehead atoms. The number of ether oxygens (including phenoxy) is 1. The number of hydrogen-bond donors (Lipinski definition) is 3. The highest BCUT2D eigenvalue weighted by Gasteiger charge is 2.36. The minimum absolute atomic E-state index is 0.0505. The molecule has 0 radical (unpaired) electrons. The van der Waals surface area contributed by atoms with Gasteiger partial charge in [0.15, 0.2) is 0 Å². The molecule has 0 aliphatic carbocycles. The zero-order valence-corrected chi connectivity index (χ0v) is 18.8. The number of anilines is 3. The molecular weight excluding hydrogens is 450 g/mol. The van der Waals surface area contributed by atoms with Crippen LogP contribution < -0.4 is 21.1 Å². The van der Waals surface area contributed by atoms with E-state index in [9.17, 15) is 19.2 Å². The van der Waals surface area contributed by atoms with E-state index >= 15 is 0 Å². The first-order valence-electron chi connectivity index (χ1n) is 10.8. The lowest BCUT2D eigenvalue weighted by Gasteiger charge is -2.32. The number of halogens is 1. The van der Waals surface area contributed by atoms with E-state index in [0.717, 1.165) is 6.42 Å². The Hall–Kier alpha value is -3.40. The van der Waals surface area contributed by atoms with Gasteiger partial charge in [-0.05, 0) is 38.0 Å². The van der Waals surface area contributed by atoms with Crippen LogP contribution in [0, 0.1) is 5.92 Å². The van der Waals surface area contributed by atoms with Gasteiger partial charge in [-0.2, -0.15) is 4.98 Å². The van der Waals surface area contributed by atoms with E-state index in [1.54, 1.807) is 36.1 Å². The maximum atomic E-state index is 13.0. The summed E-state index contributed by atoms with van der Waals surface area (Å²) in [6, 6.07) is 6.59. The molecule has 3 N–H and O–H groups in total. The van der Waals surface area contributed by atoms with E-state index in [-0.39, 0.29) is 35.6 Å². The van der Waals surface area contributed by atoms with Gasteiger partial charge in [-0.3, -0.25) is 24.2 Å². The van der Waals surface area contributed by atoms with Crippen LogP contribution in [0.1, 0.15) is 37.7 Å². The first-order chi connectivity index (χ1) is 15.9. The largest absolute Gasteiger partial charge is 0.466 e. The molecule has 0 saturated carbocycles. The third-order valence-corrected chi connectivity index (χ3v) is 5.92. The number of H-pyrrole nitrogens is 1. The molecule has 3 heterocycles. The topological polar surface area (TPSA) is 133 Å². The fourth-order valence-electron chi connectivity index (χ4n) is 4.15. The molecule has 11 heteroatoms. The van der Waals surface area contributed by atoms with Crippen molar-refractivity contribution in [2.24, 2.45) is 5.92 Å². The van der Waals surface area contributed by atoms with Crippen LogP contribution in [-0.4, -0.2) is 47.4 Å². The van der Waals surface area contributed by atoms with Crippen molar-refractivity contribution in [1.82, 2.24) is 9.97 Å². The molecule has 33 heavy (non-hydrogen) atoms. The number of nitrogens with one attached hydrogen (secondary N) is 3. The predicted molar refractivity (Wildman–Crippen MR) is 122 cm³/mol. The summed E-state index contributed by atoms with van der Waals surface area (Å²) in [6.07, 6.45) is 1.23. The van der Waals surface area contributed by atoms with Crippen molar-refractivity contribution >= 4 is 46.8 Å². The van der Waals surface area contributed by atoms with Gasteiger partial charge in [0.05, 0.1) is 24.0 Å². The molecule has 2 unspecified atom stereocenters. The number of aromatic nitrogens is 2. The van der Waals surface area contributed by atoms with Crippen LogP contribution >= 0.6 is 11.6 Å². The molecule has 2 aromatic rings. The van der Waals surface area contributed by atoms with Gasteiger partial charge >= 0.3 is 5.97 Å². The second kappa shape index (κ2) is 9.62. The highest BCUT2D eigenvalue weighted by Crippen LogP contribution is 2.31. The molecule has 0 spiro atoms. The lowest BCUT2D eigenvalue weighted by Crippen LogP contribution is -2.42. The number of aromatic amines is 1. The quantitative estimate of drug-likeness (QED) is 0.567. The van der Waals surface area contributed by atoms with Gasteiger partial charge in [-0.25, -0.2) is 0 Å². The van der Waals surface area contributed by atoms with Crippen LogP contribution in [0.4, 0.5) is 17.5 Å². The lowest BCUT2D eigenvalue weighted by atomic mass is 9.92. The Morgan fingerprint density at radius 1 is 1.33 bits per heavy atom. The summed E-state index contributed by atoms with van der Waals surface area (Å²) in [5.41, 5.74) is 0.0377. The summed E-state index contributed by atoms with van der Waals surface area (Å²) in [5.74, 6) is -2.25. The molecule has 2 aliphatic rings. The van der Waals surface area contributed by atoms with Gasteiger partial charge in [-0.15, -0.1) is 0 Å². The predicted octanol–water partition coefficient (Wildman–Crippen LogP) is 2.27. The highest BCUT2D eigenvalue weighted by atomic mass is 35.5. The molecule has 1 aromatic heterocycles. The van der Waals surface area contributed by atoms with E-state index in [1.165, 1.54) is 0 Å². The van der Waals surface area contributed by atoms with Crippen LogP contribution in [0.25, 0.3) is 0 Å². The second-order valence-electron chi connectivity index (χ2n) is 7.99. The molecule has 174 valence electrons. The zero-order chi connectivity index (χ0) is 23.5. The summed E-state index contributed by atoms with van der Waals surface area (Å²) in [7, 11) is 0. The number of rotatable bonds is 5. The van der Waals surface area contributed by atoms with Crippen LogP contribution in [0.15, 0.2) is 29.1 Å². The standard InChI is InChI=1S/C22H24ClN5O5/c1-2-33-21(32)12-5-4-8-28(11-12)22-26-18-17(20(31)27-22)15(10-16(29)25-18)19(30)24-14-7-3-6-13(23)9-14/h3,6-7,9,12,15H,2,4-5,8,10-11H2,1H3,(H,24,30)(H2,25,26,27,29,31). The number of nitrogens with zero attached hydrogens (tertiary/aromatic N) is 2. The maximum absolute atomic E-state index is 13.0. The Bertz CT molecular complexity index is 1150. The number of esters is 1. The van der Waals surface area contributed by atoms with Crippen molar-refractivity contribution in [2.45, 2.75) is 32.1 Å². The highest BCUT2D eigenvalue weighted by molar-refractivity contribution is 6.30. The van der Waals surface area contributed by atoms with Crippen molar-refractivity contribution in [3.8, 4) is 0 Å². The molecule has 1 saturated heterocycles. The number of carbonyl (C=O) groups excluding carboxylic acids is 3. The van der Waals surface area contributed by atoms with Crippen molar-refractivity contribution in [2.75, 3.05) is 35.2 Å². The fourth-order valence-corrected chi connectivity index (χ4v) is 4.34. The number of benzene rings is 1. The van der Waals surface area contributed by atoms with E-state index in [1.807, 2.05) is 0 Å². The second-order valence-corrected chi connectivity index (χ2v) is 8.43. The average molecular weight is 474 g/mol. The van der Waals surface area contributed by atoms with Crippen LogP contribution in [0.3, 0.4) is 0 Å². The van der Waals surface area contributed by atoms with Crippen LogP contribution in [-0.2, 0) is 19.1 Å². The minimum Gasteiger partial charge on any atom is -0.466 e. The molecule has 2 aliphatic heterocycles. The Balaban J connectivity index is 1.59. The van der Waals surface area contributed by atoms with Crippen molar-refractivity contribution in [3.63, 3.8) is 0 Å². The van der Waals surface area contributed by atoms with Gasteiger partial charge in [0, 0.05) is 30.2 Å². The van der Waals surface area contributed by atoms with Crippen molar-refractivity contribution in [3.05, 3.63) is 45.2 Å². The summed E-state index contributed by atoms with van der Waals surface area (Å²) in [6.45, 7) is 2.98. The lowest BCUT2D eigenvalue weighted by molar-refractivity contribution is -0.148. The summed E-state index contributed by atoms with van der Waals surface area (Å²) in [5, 5.41) is 5.75. The molecule has 2 amide bonds. The normalized spacial score (nSPS) is 19.9. The summed E-state index contributed by atoms with van der Waals surface area (Å²) in [4.78, 5) is 59.3. The van der Waals surface area contributed by atoms with E-state index < -0.39 is 23.3 Å². The smallest absolute Gasteiger partial charge is 0.310 e. The van der Waals surface area contributed by atoms with Crippen molar-refractivity contribution in [1.29, 1.82) is 0 Å². The average Bonchev–Trinajstić information content (AvgIpc) is 2.78. The fraction of sp³-hybridized carbons (Fsp3) is 0.409. The van der Waals surface area contributed by atoms with E-state index in [2.05, 4.69) is 20.6 Å². The molecule has 2 atom stereocenters. The van der Waals surface area contributed by atoms with E-state index in [4.69, 9.17) is 16.3 Å². The number of amides is 2. The molecule has 4 rings (SSSR count). The molecule has 10 nitrogen and oxygen atoms in total. The van der Waals surface area contributed by atoms with Crippen molar-refractivity contribution < 1.29 is 19.1 Å². The van der Waals surface area contributed by atoms with Gasteiger partial charge in [0.1, 0.15) is 5.82 Å². The first kappa shape index (κ1) is 22.8. The zero-order valence-electron chi connectivity index (χ0n) is 18.0. The van der Waals surface area contributed by atoms with E-state index in [0.29, 0.717) is 36.8 Å². The monoisotopic (exact) mass is 473 g/mol. The third-order valence-electron chi connectivity index (χ3n) is 5.69.